The van der Waals surface area contributed by atoms with Crippen LogP contribution < -0.4 is 5.73 Å². The molecule has 0 saturated carbocycles. The van der Waals surface area contributed by atoms with Gasteiger partial charge in [0.15, 0.2) is 0 Å². The molecule has 4 nitrogen and oxygen atoms in total. The van der Waals surface area contributed by atoms with Crippen molar-refractivity contribution in [3.05, 3.63) is 29.3 Å². The summed E-state index contributed by atoms with van der Waals surface area (Å²) in [5, 5.41) is 0. The zero-order valence-electron chi connectivity index (χ0n) is 12.8. The normalized spacial score (nSPS) is 22.9. The molecule has 2 aliphatic rings. The van der Waals surface area contributed by atoms with Crippen molar-refractivity contribution in [3.63, 3.8) is 0 Å². The summed E-state index contributed by atoms with van der Waals surface area (Å²) in [6.07, 6.45) is 4.85. The number of nitrogen functional groups attached to an aromatic ring is 1. The molecule has 0 radical (unpaired) electrons. The Labute approximate surface area is 126 Å². The van der Waals surface area contributed by atoms with Crippen LogP contribution in [0.15, 0.2) is 18.2 Å². The highest BCUT2D eigenvalue weighted by atomic mass is 16.2. The number of aryl methyl sites for hydroxylation is 1. The Hall–Kier alpha value is -1.55. The SMILES string of the molecule is Cc1ccc(N)cc1C(=O)N1CCCC1CN1CCCC1. The molecule has 3 rings (SSSR count). The number of carbonyl (C=O) groups excluding carboxylic acids is 1. The van der Waals surface area contributed by atoms with Gasteiger partial charge in [-0.3, -0.25) is 4.79 Å². The first kappa shape index (κ1) is 14.4. The van der Waals surface area contributed by atoms with Crippen molar-refractivity contribution in [1.29, 1.82) is 0 Å². The van der Waals surface area contributed by atoms with E-state index in [1.54, 1.807) is 0 Å². The minimum Gasteiger partial charge on any atom is -0.399 e. The lowest BCUT2D eigenvalue weighted by atomic mass is 10.1. The van der Waals surface area contributed by atoms with Crippen LogP contribution in [-0.2, 0) is 0 Å². The Morgan fingerprint density at radius 1 is 1.24 bits per heavy atom. The van der Waals surface area contributed by atoms with Crippen molar-refractivity contribution < 1.29 is 4.79 Å². The van der Waals surface area contributed by atoms with Gasteiger partial charge in [-0.25, -0.2) is 0 Å². The number of hydrogen-bond donors (Lipinski definition) is 1. The predicted molar refractivity (Wildman–Crippen MR) is 85.3 cm³/mol. The van der Waals surface area contributed by atoms with Crippen molar-refractivity contribution in [2.75, 3.05) is 31.9 Å². The number of carbonyl (C=O) groups is 1. The molecule has 1 aromatic rings. The largest absolute Gasteiger partial charge is 0.399 e. The number of anilines is 1. The van der Waals surface area contributed by atoms with Crippen LogP contribution in [0.25, 0.3) is 0 Å². The quantitative estimate of drug-likeness (QED) is 0.868. The van der Waals surface area contributed by atoms with Gasteiger partial charge in [-0.2, -0.15) is 0 Å². The molecule has 114 valence electrons. The number of amides is 1. The second-order valence-corrected chi connectivity index (χ2v) is 6.38. The number of benzene rings is 1. The minimum atomic E-state index is 0.154. The van der Waals surface area contributed by atoms with Crippen LogP contribution in [0.3, 0.4) is 0 Å². The number of rotatable bonds is 3. The molecule has 2 heterocycles. The molecule has 1 amide bonds. The zero-order valence-corrected chi connectivity index (χ0v) is 12.8. The van der Waals surface area contributed by atoms with Gasteiger partial charge in [-0.15, -0.1) is 0 Å². The van der Waals surface area contributed by atoms with E-state index in [2.05, 4.69) is 9.80 Å². The van der Waals surface area contributed by atoms with Gasteiger partial charge < -0.3 is 15.5 Å². The van der Waals surface area contributed by atoms with Crippen molar-refractivity contribution >= 4 is 11.6 Å². The van der Waals surface area contributed by atoms with Gasteiger partial charge in [-0.1, -0.05) is 6.07 Å². The van der Waals surface area contributed by atoms with E-state index in [9.17, 15) is 4.79 Å². The Bertz CT molecular complexity index is 523. The fourth-order valence-corrected chi connectivity index (χ4v) is 3.58. The highest BCUT2D eigenvalue weighted by Crippen LogP contribution is 2.24. The van der Waals surface area contributed by atoms with Crippen LogP contribution in [0.2, 0.25) is 0 Å². The second-order valence-electron chi connectivity index (χ2n) is 6.38. The monoisotopic (exact) mass is 287 g/mol. The second kappa shape index (κ2) is 6.06. The molecule has 2 aliphatic heterocycles. The summed E-state index contributed by atoms with van der Waals surface area (Å²) < 4.78 is 0. The summed E-state index contributed by atoms with van der Waals surface area (Å²) in [6.45, 7) is 6.28. The Balaban J connectivity index is 1.74. The topological polar surface area (TPSA) is 49.6 Å². The minimum absolute atomic E-state index is 0.154. The van der Waals surface area contributed by atoms with Gasteiger partial charge in [0, 0.05) is 30.4 Å². The smallest absolute Gasteiger partial charge is 0.254 e. The highest BCUT2D eigenvalue weighted by Gasteiger charge is 2.31. The number of hydrogen-bond acceptors (Lipinski definition) is 3. The molecule has 1 unspecified atom stereocenters. The lowest BCUT2D eigenvalue weighted by Gasteiger charge is -2.29. The average Bonchev–Trinajstić information content (AvgIpc) is 3.13. The standard InChI is InChI=1S/C17H25N3O/c1-13-6-7-14(18)11-16(13)17(21)20-10-4-5-15(20)12-19-8-2-3-9-19/h6-7,11,15H,2-5,8-10,12,18H2,1H3. The van der Waals surface area contributed by atoms with E-state index in [0.717, 1.165) is 37.1 Å². The third-order valence-corrected chi connectivity index (χ3v) is 4.80. The Kier molecular flexibility index (Phi) is 4.15. The van der Waals surface area contributed by atoms with Gasteiger partial charge in [0.2, 0.25) is 0 Å². The molecule has 2 fully saturated rings. The maximum atomic E-state index is 12.9. The van der Waals surface area contributed by atoms with Gasteiger partial charge in [0.1, 0.15) is 0 Å². The van der Waals surface area contributed by atoms with E-state index >= 15 is 0 Å². The van der Waals surface area contributed by atoms with Crippen LogP contribution in [0.5, 0.6) is 0 Å². The fourth-order valence-electron chi connectivity index (χ4n) is 3.58. The van der Waals surface area contributed by atoms with E-state index < -0.39 is 0 Å². The first-order valence-corrected chi connectivity index (χ1v) is 8.04. The van der Waals surface area contributed by atoms with E-state index in [0.29, 0.717) is 11.7 Å². The molecule has 1 aromatic carbocycles. The zero-order chi connectivity index (χ0) is 14.8. The molecule has 0 spiro atoms. The number of nitrogens with zero attached hydrogens (tertiary/aromatic N) is 2. The van der Waals surface area contributed by atoms with Crippen molar-refractivity contribution in [2.45, 2.75) is 38.6 Å². The van der Waals surface area contributed by atoms with Crippen LogP contribution in [0.4, 0.5) is 5.69 Å². The van der Waals surface area contributed by atoms with Crippen LogP contribution >= 0.6 is 0 Å². The van der Waals surface area contributed by atoms with Gasteiger partial charge in [0.25, 0.3) is 5.91 Å². The molecule has 2 N–H and O–H groups in total. The van der Waals surface area contributed by atoms with E-state index in [4.69, 9.17) is 5.73 Å². The van der Waals surface area contributed by atoms with E-state index in [1.165, 1.54) is 25.9 Å². The number of likely N-dealkylation sites (tertiary alicyclic amines) is 2. The van der Waals surface area contributed by atoms with Gasteiger partial charge in [-0.05, 0) is 63.4 Å². The fraction of sp³-hybridized carbons (Fsp3) is 0.588. The molecule has 2 saturated heterocycles. The summed E-state index contributed by atoms with van der Waals surface area (Å²) in [5.74, 6) is 0.154. The van der Waals surface area contributed by atoms with Crippen LogP contribution in [0, 0.1) is 6.92 Å². The maximum Gasteiger partial charge on any atom is 0.254 e. The Morgan fingerprint density at radius 2 is 2.00 bits per heavy atom. The summed E-state index contributed by atoms with van der Waals surface area (Å²) >= 11 is 0. The summed E-state index contributed by atoms with van der Waals surface area (Å²) in [4.78, 5) is 17.4. The predicted octanol–water partition coefficient (Wildman–Crippen LogP) is 2.28. The molecule has 0 aromatic heterocycles. The lowest BCUT2D eigenvalue weighted by molar-refractivity contribution is 0.0708. The lowest BCUT2D eigenvalue weighted by Crippen LogP contribution is -2.42. The molecule has 1 atom stereocenters. The maximum absolute atomic E-state index is 12.9. The Morgan fingerprint density at radius 3 is 2.76 bits per heavy atom. The van der Waals surface area contributed by atoms with Crippen LogP contribution in [0.1, 0.15) is 41.6 Å². The van der Waals surface area contributed by atoms with Crippen molar-refractivity contribution in [2.24, 2.45) is 0 Å². The average molecular weight is 287 g/mol. The highest BCUT2D eigenvalue weighted by molar-refractivity contribution is 5.96. The third-order valence-electron chi connectivity index (χ3n) is 4.80. The molecule has 4 heteroatoms. The summed E-state index contributed by atoms with van der Waals surface area (Å²) in [6, 6.07) is 5.99. The summed E-state index contributed by atoms with van der Waals surface area (Å²) in [7, 11) is 0. The molecule has 0 aliphatic carbocycles. The third kappa shape index (κ3) is 3.05. The molecular weight excluding hydrogens is 262 g/mol. The van der Waals surface area contributed by atoms with Crippen molar-refractivity contribution in [1.82, 2.24) is 9.80 Å². The first-order chi connectivity index (χ1) is 10.1. The van der Waals surface area contributed by atoms with Gasteiger partial charge in [0.05, 0.1) is 0 Å². The van der Waals surface area contributed by atoms with E-state index in [-0.39, 0.29) is 5.91 Å². The molecule has 0 bridgehead atoms. The molecular formula is C17H25N3O. The van der Waals surface area contributed by atoms with Crippen LogP contribution in [-0.4, -0.2) is 47.9 Å². The van der Waals surface area contributed by atoms with Gasteiger partial charge >= 0.3 is 0 Å². The first-order valence-electron chi connectivity index (χ1n) is 8.04. The summed E-state index contributed by atoms with van der Waals surface area (Å²) in [5.41, 5.74) is 8.30. The number of nitrogens with two attached hydrogens (primary N) is 1. The van der Waals surface area contributed by atoms with Crippen molar-refractivity contribution in [3.8, 4) is 0 Å². The van der Waals surface area contributed by atoms with E-state index in [1.807, 2.05) is 25.1 Å². The molecule has 21 heavy (non-hydrogen) atoms.